The van der Waals surface area contributed by atoms with Crippen molar-refractivity contribution < 1.29 is 22.7 Å². The van der Waals surface area contributed by atoms with Crippen LogP contribution in [0.25, 0.3) is 0 Å². The van der Waals surface area contributed by atoms with Crippen LogP contribution in [0.5, 0.6) is 5.75 Å². The van der Waals surface area contributed by atoms with E-state index in [9.17, 15) is 13.2 Å². The van der Waals surface area contributed by atoms with Gasteiger partial charge in [-0.2, -0.15) is 4.31 Å². The molecule has 1 fully saturated rings. The predicted octanol–water partition coefficient (Wildman–Crippen LogP) is 3.48. The number of nitrogens with zero attached hydrogens (tertiary/aromatic N) is 2. The van der Waals surface area contributed by atoms with Crippen LogP contribution in [0.3, 0.4) is 0 Å². The minimum absolute atomic E-state index is 0.0249. The van der Waals surface area contributed by atoms with E-state index in [0.29, 0.717) is 26.3 Å². The van der Waals surface area contributed by atoms with Crippen LogP contribution >= 0.6 is 27.5 Å². The summed E-state index contributed by atoms with van der Waals surface area (Å²) in [7, 11) is -3.66. The Hall–Kier alpha value is -1.65. The van der Waals surface area contributed by atoms with Crippen LogP contribution in [0.1, 0.15) is 12.5 Å². The maximum Gasteiger partial charge on any atom is 0.265 e. The number of rotatable bonds is 5. The highest BCUT2D eigenvalue weighted by atomic mass is 79.9. The molecule has 7 nitrogen and oxygen atoms in total. The maximum atomic E-state index is 12.9. The van der Waals surface area contributed by atoms with E-state index >= 15 is 0 Å². The number of benzene rings is 2. The van der Waals surface area contributed by atoms with Crippen LogP contribution in [-0.2, 0) is 26.0 Å². The Kier molecular flexibility index (Phi) is 6.60. The highest BCUT2D eigenvalue weighted by Crippen LogP contribution is 2.35. The van der Waals surface area contributed by atoms with Crippen molar-refractivity contribution >= 4 is 49.1 Å². The van der Waals surface area contributed by atoms with Gasteiger partial charge in [-0.1, -0.05) is 27.5 Å². The molecule has 0 aliphatic carbocycles. The second kappa shape index (κ2) is 9.07. The Bertz CT molecular complexity index is 1100. The van der Waals surface area contributed by atoms with Crippen molar-refractivity contribution in [3.63, 3.8) is 0 Å². The molecule has 4 rings (SSSR count). The summed E-state index contributed by atoms with van der Waals surface area (Å²) in [4.78, 5) is 14.7. The minimum Gasteiger partial charge on any atom is -0.482 e. The molecule has 166 valence electrons. The van der Waals surface area contributed by atoms with Crippen molar-refractivity contribution in [3.05, 3.63) is 51.5 Å². The average molecular weight is 530 g/mol. The molecule has 2 aliphatic rings. The minimum atomic E-state index is -3.66. The first kappa shape index (κ1) is 22.5. The fourth-order valence-corrected chi connectivity index (χ4v) is 6.03. The van der Waals surface area contributed by atoms with Crippen LogP contribution in [0.4, 0.5) is 5.69 Å². The molecule has 2 heterocycles. The van der Waals surface area contributed by atoms with Gasteiger partial charge in [0, 0.05) is 29.3 Å². The molecular weight excluding hydrogens is 508 g/mol. The standard InChI is InChI=1S/C21H22BrClN2O5S/c1-14-10-15-11-16(22)2-4-19(15)25(14)21(26)13-30-20-5-3-17(12-18(20)23)31(27,28)24-6-8-29-9-7-24/h2-5,11-12,14H,6-10,13H2,1H3/t14-/m1/s1. The maximum absolute atomic E-state index is 12.9. The molecule has 0 radical (unpaired) electrons. The zero-order chi connectivity index (χ0) is 22.2. The van der Waals surface area contributed by atoms with Crippen LogP contribution < -0.4 is 9.64 Å². The number of anilines is 1. The molecule has 1 saturated heterocycles. The summed E-state index contributed by atoms with van der Waals surface area (Å²) in [5.41, 5.74) is 1.98. The first-order chi connectivity index (χ1) is 14.8. The molecule has 2 aliphatic heterocycles. The Morgan fingerprint density at radius 1 is 1.23 bits per heavy atom. The van der Waals surface area contributed by atoms with Gasteiger partial charge in [0.05, 0.1) is 23.1 Å². The van der Waals surface area contributed by atoms with Crippen molar-refractivity contribution in [2.24, 2.45) is 0 Å². The molecule has 1 atom stereocenters. The van der Waals surface area contributed by atoms with Crippen molar-refractivity contribution in [1.29, 1.82) is 0 Å². The smallest absolute Gasteiger partial charge is 0.265 e. The van der Waals surface area contributed by atoms with E-state index in [2.05, 4.69) is 15.9 Å². The first-order valence-corrected chi connectivity index (χ1v) is 12.5. The summed E-state index contributed by atoms with van der Waals surface area (Å²) in [6.07, 6.45) is 0.773. The van der Waals surface area contributed by atoms with E-state index in [0.717, 1.165) is 22.1 Å². The normalized spacial score (nSPS) is 19.3. The number of carbonyl (C=O) groups is 1. The highest BCUT2D eigenvalue weighted by molar-refractivity contribution is 9.10. The fraction of sp³-hybridized carbons (Fsp3) is 0.381. The summed E-state index contributed by atoms with van der Waals surface area (Å²) in [6, 6.07) is 10.2. The third-order valence-corrected chi connectivity index (χ3v) is 8.07. The number of amides is 1. The molecule has 2 aromatic rings. The van der Waals surface area contributed by atoms with E-state index in [-0.39, 0.29) is 34.2 Å². The Labute approximate surface area is 195 Å². The topological polar surface area (TPSA) is 76.2 Å². The molecule has 0 N–H and O–H groups in total. The van der Waals surface area contributed by atoms with Crippen molar-refractivity contribution in [2.75, 3.05) is 37.8 Å². The number of hydrogen-bond donors (Lipinski definition) is 0. The van der Waals surface area contributed by atoms with E-state index in [4.69, 9.17) is 21.1 Å². The molecule has 0 saturated carbocycles. The third kappa shape index (κ3) is 4.61. The second-order valence-corrected chi connectivity index (χ2v) is 10.7. The Balaban J connectivity index is 1.45. The fourth-order valence-electron chi connectivity index (χ4n) is 3.88. The Morgan fingerprint density at radius 2 is 1.97 bits per heavy atom. The monoisotopic (exact) mass is 528 g/mol. The largest absolute Gasteiger partial charge is 0.482 e. The highest BCUT2D eigenvalue weighted by Gasteiger charge is 2.31. The number of hydrogen-bond acceptors (Lipinski definition) is 5. The molecular formula is C21H22BrClN2O5S. The van der Waals surface area contributed by atoms with Crippen molar-refractivity contribution in [2.45, 2.75) is 24.3 Å². The lowest BCUT2D eigenvalue weighted by Crippen LogP contribution is -2.40. The van der Waals surface area contributed by atoms with E-state index in [1.54, 1.807) is 4.90 Å². The van der Waals surface area contributed by atoms with E-state index in [1.807, 2.05) is 25.1 Å². The summed E-state index contributed by atoms with van der Waals surface area (Å²) in [5.74, 6) is 0.0773. The molecule has 31 heavy (non-hydrogen) atoms. The molecule has 0 spiro atoms. The van der Waals surface area contributed by atoms with Gasteiger partial charge in [-0.05, 0) is 55.3 Å². The van der Waals surface area contributed by atoms with Gasteiger partial charge in [-0.15, -0.1) is 0 Å². The number of sulfonamides is 1. The summed E-state index contributed by atoms with van der Waals surface area (Å²) in [6.45, 7) is 3.13. The third-order valence-electron chi connectivity index (χ3n) is 5.39. The van der Waals surface area contributed by atoms with Gasteiger partial charge in [0.1, 0.15) is 5.75 Å². The SMILES string of the molecule is C[C@@H]1Cc2cc(Br)ccc2N1C(=O)COc1ccc(S(=O)(=O)N2CCOCC2)cc1Cl. The van der Waals surface area contributed by atoms with Gasteiger partial charge < -0.3 is 14.4 Å². The van der Waals surface area contributed by atoms with Gasteiger partial charge in [0.2, 0.25) is 10.0 Å². The molecule has 0 unspecified atom stereocenters. The molecule has 10 heteroatoms. The predicted molar refractivity (Wildman–Crippen MR) is 121 cm³/mol. The van der Waals surface area contributed by atoms with Gasteiger partial charge in [0.25, 0.3) is 5.91 Å². The number of carbonyl (C=O) groups excluding carboxylic acids is 1. The lowest BCUT2D eigenvalue weighted by atomic mass is 10.1. The summed E-state index contributed by atoms with van der Waals surface area (Å²) in [5, 5.41) is 0.140. The quantitative estimate of drug-likeness (QED) is 0.593. The van der Waals surface area contributed by atoms with E-state index < -0.39 is 10.0 Å². The molecule has 1 amide bonds. The van der Waals surface area contributed by atoms with Gasteiger partial charge >= 0.3 is 0 Å². The zero-order valence-corrected chi connectivity index (χ0v) is 20.0. The van der Waals surface area contributed by atoms with Crippen LogP contribution in [0, 0.1) is 0 Å². The zero-order valence-electron chi connectivity index (χ0n) is 16.9. The van der Waals surface area contributed by atoms with Crippen LogP contribution in [0.15, 0.2) is 45.8 Å². The molecule has 2 aromatic carbocycles. The summed E-state index contributed by atoms with van der Waals surface area (Å²) >= 11 is 9.74. The number of fused-ring (bicyclic) bond motifs is 1. The number of halogens is 2. The van der Waals surface area contributed by atoms with Gasteiger partial charge in [-0.25, -0.2) is 8.42 Å². The van der Waals surface area contributed by atoms with Gasteiger partial charge in [-0.3, -0.25) is 4.79 Å². The second-order valence-electron chi connectivity index (χ2n) is 7.49. The van der Waals surface area contributed by atoms with Crippen LogP contribution in [0.2, 0.25) is 5.02 Å². The lowest BCUT2D eigenvalue weighted by molar-refractivity contribution is -0.120. The molecule has 0 bridgehead atoms. The van der Waals surface area contributed by atoms with Gasteiger partial charge in [0.15, 0.2) is 6.61 Å². The molecule has 0 aromatic heterocycles. The lowest BCUT2D eigenvalue weighted by Gasteiger charge is -2.26. The Morgan fingerprint density at radius 3 is 2.68 bits per heavy atom. The van der Waals surface area contributed by atoms with E-state index in [1.165, 1.54) is 22.5 Å². The summed E-state index contributed by atoms with van der Waals surface area (Å²) < 4.78 is 38.8. The van der Waals surface area contributed by atoms with Crippen LogP contribution in [-0.4, -0.2) is 57.6 Å². The first-order valence-electron chi connectivity index (χ1n) is 9.88. The number of ether oxygens (including phenoxy) is 2. The van der Waals surface area contributed by atoms with Crippen molar-refractivity contribution in [1.82, 2.24) is 4.31 Å². The average Bonchev–Trinajstić information content (AvgIpc) is 3.08. The number of morpholine rings is 1. The van der Waals surface area contributed by atoms with Crippen molar-refractivity contribution in [3.8, 4) is 5.75 Å².